The van der Waals surface area contributed by atoms with Gasteiger partial charge in [0.15, 0.2) is 0 Å². The first-order valence-electron chi connectivity index (χ1n) is 4.90. The molecule has 0 aromatic heterocycles. The predicted octanol–water partition coefficient (Wildman–Crippen LogP) is 4.34. The second kappa shape index (κ2) is 10.4. The highest BCUT2D eigenvalue weighted by Gasteiger charge is 1.93. The van der Waals surface area contributed by atoms with Gasteiger partial charge in [0.2, 0.25) is 0 Å². The van der Waals surface area contributed by atoms with E-state index in [1.54, 1.807) is 11.8 Å². The average Bonchev–Trinajstić information content (AvgIpc) is 2.45. The SMILES string of the molecule is C#C.C#C.c1ccc(Sc2ccccc2)cc1. The molecule has 0 saturated heterocycles. The van der Waals surface area contributed by atoms with Crippen LogP contribution in [0.5, 0.6) is 0 Å². The van der Waals surface area contributed by atoms with E-state index >= 15 is 0 Å². The Morgan fingerprint density at radius 3 is 1.12 bits per heavy atom. The molecule has 0 nitrogen and oxygen atoms in total. The standard InChI is InChI=1S/C12H10S.2C2H2/c1-3-7-11(8-4-1)13-12-9-5-2-6-10-12;2*1-2/h1-10H;2*1-2H. The van der Waals surface area contributed by atoms with Crippen molar-refractivity contribution in [2.75, 3.05) is 0 Å². The number of hydrogen-bond donors (Lipinski definition) is 0. The van der Waals surface area contributed by atoms with Crippen LogP contribution in [0.2, 0.25) is 0 Å². The smallest absolute Gasteiger partial charge is 0.0122 e. The lowest BCUT2D eigenvalue weighted by atomic mass is 10.4. The van der Waals surface area contributed by atoms with Crippen molar-refractivity contribution in [2.45, 2.75) is 9.79 Å². The molecule has 0 amide bonds. The molecule has 17 heavy (non-hydrogen) atoms. The second-order valence-corrected chi connectivity index (χ2v) is 3.88. The van der Waals surface area contributed by atoms with Gasteiger partial charge in [-0.15, -0.1) is 25.7 Å². The van der Waals surface area contributed by atoms with E-state index in [0.29, 0.717) is 0 Å². The summed E-state index contributed by atoms with van der Waals surface area (Å²) < 4.78 is 0. The molecule has 0 aliphatic rings. The lowest BCUT2D eigenvalue weighted by molar-refractivity contribution is 1.41. The zero-order valence-electron chi connectivity index (χ0n) is 9.49. The van der Waals surface area contributed by atoms with Crippen LogP contribution in [-0.2, 0) is 0 Å². The van der Waals surface area contributed by atoms with Gasteiger partial charge in [-0.05, 0) is 24.3 Å². The molecular formula is C16H14S. The lowest BCUT2D eigenvalue weighted by Gasteiger charge is -1.99. The van der Waals surface area contributed by atoms with Crippen LogP contribution in [0.15, 0.2) is 70.5 Å². The summed E-state index contributed by atoms with van der Waals surface area (Å²) in [4.78, 5) is 2.57. The van der Waals surface area contributed by atoms with Crippen molar-refractivity contribution in [1.29, 1.82) is 0 Å². The van der Waals surface area contributed by atoms with Gasteiger partial charge in [-0.25, -0.2) is 0 Å². The highest BCUT2D eigenvalue weighted by Crippen LogP contribution is 2.26. The number of rotatable bonds is 2. The van der Waals surface area contributed by atoms with E-state index in [-0.39, 0.29) is 0 Å². The zero-order chi connectivity index (χ0) is 12.9. The molecule has 0 atom stereocenters. The molecule has 0 radical (unpaired) electrons. The molecule has 0 saturated carbocycles. The Morgan fingerprint density at radius 2 is 0.824 bits per heavy atom. The van der Waals surface area contributed by atoms with Crippen molar-refractivity contribution >= 4 is 11.8 Å². The van der Waals surface area contributed by atoms with Crippen LogP contribution in [0.25, 0.3) is 0 Å². The van der Waals surface area contributed by atoms with E-state index in [1.807, 2.05) is 12.1 Å². The summed E-state index contributed by atoms with van der Waals surface area (Å²) in [5, 5.41) is 0. The molecule has 0 aliphatic carbocycles. The van der Waals surface area contributed by atoms with Crippen LogP contribution < -0.4 is 0 Å². The van der Waals surface area contributed by atoms with E-state index in [1.165, 1.54) is 9.79 Å². The number of terminal acetylenes is 2. The monoisotopic (exact) mass is 238 g/mol. The summed E-state index contributed by atoms with van der Waals surface area (Å²) >= 11 is 1.79. The summed E-state index contributed by atoms with van der Waals surface area (Å²) in [6, 6.07) is 20.8. The lowest BCUT2D eigenvalue weighted by Crippen LogP contribution is -1.70. The highest BCUT2D eigenvalue weighted by molar-refractivity contribution is 7.99. The maximum Gasteiger partial charge on any atom is 0.0122 e. The first-order chi connectivity index (χ1) is 8.45. The maximum absolute atomic E-state index is 4.00. The predicted molar refractivity (Wildman–Crippen MR) is 76.8 cm³/mol. The van der Waals surface area contributed by atoms with Crippen molar-refractivity contribution in [1.82, 2.24) is 0 Å². The van der Waals surface area contributed by atoms with E-state index in [9.17, 15) is 0 Å². The fourth-order valence-corrected chi connectivity index (χ4v) is 1.97. The minimum absolute atomic E-state index is 1.29. The third-order valence-corrected chi connectivity index (χ3v) is 2.74. The molecule has 2 aromatic rings. The molecule has 2 rings (SSSR count). The van der Waals surface area contributed by atoms with Crippen LogP contribution >= 0.6 is 11.8 Å². The third-order valence-electron chi connectivity index (χ3n) is 1.72. The summed E-state index contributed by atoms with van der Waals surface area (Å²) in [7, 11) is 0. The maximum atomic E-state index is 4.00. The van der Waals surface area contributed by atoms with Crippen molar-refractivity contribution < 1.29 is 0 Å². The Balaban J connectivity index is 0.000000581. The van der Waals surface area contributed by atoms with Crippen molar-refractivity contribution in [3.8, 4) is 25.7 Å². The average molecular weight is 238 g/mol. The van der Waals surface area contributed by atoms with Gasteiger partial charge in [-0.3, -0.25) is 0 Å². The fraction of sp³-hybridized carbons (Fsp3) is 0. The van der Waals surface area contributed by atoms with Gasteiger partial charge in [0, 0.05) is 9.79 Å². The van der Waals surface area contributed by atoms with Crippen LogP contribution in [0.1, 0.15) is 0 Å². The van der Waals surface area contributed by atoms with E-state index in [2.05, 4.69) is 74.2 Å². The molecule has 1 heteroatoms. The molecule has 0 heterocycles. The molecule has 0 N–H and O–H groups in total. The van der Waals surface area contributed by atoms with Crippen molar-refractivity contribution in [3.05, 3.63) is 60.7 Å². The van der Waals surface area contributed by atoms with Crippen LogP contribution in [0.4, 0.5) is 0 Å². The van der Waals surface area contributed by atoms with Gasteiger partial charge in [-0.1, -0.05) is 48.2 Å². The van der Waals surface area contributed by atoms with Crippen LogP contribution in [0.3, 0.4) is 0 Å². The summed E-state index contributed by atoms with van der Waals surface area (Å²) in [5.41, 5.74) is 0. The first kappa shape index (κ1) is 14.9. The summed E-state index contributed by atoms with van der Waals surface area (Å²) in [5.74, 6) is 0. The van der Waals surface area contributed by atoms with Crippen LogP contribution in [0, 0.1) is 25.7 Å². The van der Waals surface area contributed by atoms with E-state index in [0.717, 1.165) is 0 Å². The Kier molecular flexibility index (Phi) is 9.15. The molecule has 0 aliphatic heterocycles. The molecule has 2 aromatic carbocycles. The van der Waals surface area contributed by atoms with Gasteiger partial charge >= 0.3 is 0 Å². The Bertz CT molecular complexity index is 383. The zero-order valence-corrected chi connectivity index (χ0v) is 10.3. The topological polar surface area (TPSA) is 0 Å². The molecule has 0 fully saturated rings. The first-order valence-corrected chi connectivity index (χ1v) is 5.71. The van der Waals surface area contributed by atoms with E-state index < -0.39 is 0 Å². The van der Waals surface area contributed by atoms with Crippen molar-refractivity contribution in [2.24, 2.45) is 0 Å². The fourth-order valence-electron chi connectivity index (χ4n) is 1.11. The summed E-state index contributed by atoms with van der Waals surface area (Å²) in [6.45, 7) is 0. The number of hydrogen-bond acceptors (Lipinski definition) is 1. The van der Waals surface area contributed by atoms with Gasteiger partial charge < -0.3 is 0 Å². The minimum Gasteiger partial charge on any atom is -0.124 e. The molecule has 84 valence electrons. The van der Waals surface area contributed by atoms with Crippen molar-refractivity contribution in [3.63, 3.8) is 0 Å². The Labute approximate surface area is 108 Å². The van der Waals surface area contributed by atoms with Gasteiger partial charge in [0.1, 0.15) is 0 Å². The largest absolute Gasteiger partial charge is 0.124 e. The Hall–Kier alpha value is -2.09. The van der Waals surface area contributed by atoms with E-state index in [4.69, 9.17) is 0 Å². The molecule has 0 bridgehead atoms. The molecule has 0 unspecified atom stereocenters. The number of benzene rings is 2. The summed E-state index contributed by atoms with van der Waals surface area (Å²) in [6.07, 6.45) is 16.0. The normalized spacial score (nSPS) is 7.76. The second-order valence-electron chi connectivity index (χ2n) is 2.73. The minimum atomic E-state index is 1.29. The van der Waals surface area contributed by atoms with Gasteiger partial charge in [-0.2, -0.15) is 0 Å². The third kappa shape index (κ3) is 6.15. The van der Waals surface area contributed by atoms with Crippen LogP contribution in [-0.4, -0.2) is 0 Å². The Morgan fingerprint density at radius 1 is 0.529 bits per heavy atom. The van der Waals surface area contributed by atoms with Gasteiger partial charge in [0.05, 0.1) is 0 Å². The molecule has 0 spiro atoms. The quantitative estimate of drug-likeness (QED) is 0.701. The molecular weight excluding hydrogens is 224 g/mol. The highest BCUT2D eigenvalue weighted by atomic mass is 32.2. The van der Waals surface area contributed by atoms with Gasteiger partial charge in [0.25, 0.3) is 0 Å².